The van der Waals surface area contributed by atoms with Crippen LogP contribution in [-0.2, 0) is 21.4 Å². The zero-order valence-corrected chi connectivity index (χ0v) is 14.2. The van der Waals surface area contributed by atoms with E-state index in [1.165, 1.54) is 4.57 Å². The number of hydrogen-bond donors (Lipinski definition) is 5. The summed E-state index contributed by atoms with van der Waals surface area (Å²) in [5.74, 6) is -0.379. The Balaban J connectivity index is 1.77. The van der Waals surface area contributed by atoms with Crippen LogP contribution in [0, 0.1) is 0 Å². The van der Waals surface area contributed by atoms with Crippen molar-refractivity contribution in [3.8, 4) is 0 Å². The van der Waals surface area contributed by atoms with Gasteiger partial charge in [0.05, 0.1) is 5.69 Å². The van der Waals surface area contributed by atoms with Gasteiger partial charge >= 0.3 is 0 Å². The topological polar surface area (TPSA) is 130 Å². The third kappa shape index (κ3) is 5.49. The third-order valence-corrected chi connectivity index (χ3v) is 3.52. The molecule has 25 heavy (non-hydrogen) atoms. The Labute approximate surface area is 148 Å². The largest absolute Gasteiger partial charge is 0.326 e. The summed E-state index contributed by atoms with van der Waals surface area (Å²) >= 11 is 4.06. The standard InChI is InChI=1S/C14H17N7O3S/c1-21-13(19-20-14(21)25)17-12(24)7-6-11(23)16-9-2-4-10(5-3-9)18-15-8-22/h2-5,8,18H,6-7H2,1H3,(H,15,22)(H,16,23)(H,20,25)(H,17,19,24). The minimum atomic E-state index is -0.349. The first-order chi connectivity index (χ1) is 12.0. The van der Waals surface area contributed by atoms with Gasteiger partial charge in [-0.15, -0.1) is 22.8 Å². The van der Waals surface area contributed by atoms with Gasteiger partial charge in [0.1, 0.15) is 0 Å². The Bertz CT molecular complexity index is 760. The van der Waals surface area contributed by atoms with Crippen LogP contribution in [0.1, 0.15) is 12.8 Å². The second-order valence-electron chi connectivity index (χ2n) is 4.94. The lowest BCUT2D eigenvalue weighted by molar-refractivity contribution is -0.121. The SMILES string of the molecule is Cn1c(S)nnc1NC(=O)CCC(=O)Nc1ccc(NNC=O)cc1. The van der Waals surface area contributed by atoms with E-state index in [-0.39, 0.29) is 30.6 Å². The van der Waals surface area contributed by atoms with Crippen LogP contribution >= 0.6 is 12.6 Å². The molecule has 0 atom stereocenters. The molecule has 11 heteroatoms. The van der Waals surface area contributed by atoms with Crippen molar-refractivity contribution in [3.05, 3.63) is 24.3 Å². The van der Waals surface area contributed by atoms with Crippen molar-refractivity contribution in [3.63, 3.8) is 0 Å². The summed E-state index contributed by atoms with van der Waals surface area (Å²) in [5.41, 5.74) is 6.19. The lowest BCUT2D eigenvalue weighted by Gasteiger charge is -2.08. The molecule has 1 aromatic heterocycles. The summed E-state index contributed by atoms with van der Waals surface area (Å²) < 4.78 is 1.51. The van der Waals surface area contributed by atoms with E-state index in [2.05, 4.69) is 44.3 Å². The Kier molecular flexibility index (Phi) is 6.34. The highest BCUT2D eigenvalue weighted by molar-refractivity contribution is 7.80. The molecule has 0 radical (unpaired) electrons. The number of nitrogens with zero attached hydrogens (tertiary/aromatic N) is 3. The molecular formula is C14H17N7O3S. The first-order valence-electron chi connectivity index (χ1n) is 7.23. The predicted octanol–water partition coefficient (Wildman–Crippen LogP) is 0.534. The normalized spacial score (nSPS) is 10.0. The first-order valence-corrected chi connectivity index (χ1v) is 7.67. The Hall–Kier alpha value is -3.08. The maximum atomic E-state index is 11.9. The summed E-state index contributed by atoms with van der Waals surface area (Å²) in [6.07, 6.45) is 0.534. The van der Waals surface area contributed by atoms with Gasteiger partial charge in [-0.05, 0) is 24.3 Å². The van der Waals surface area contributed by atoms with Crippen molar-refractivity contribution in [1.82, 2.24) is 20.2 Å². The Morgan fingerprint density at radius 3 is 2.24 bits per heavy atom. The van der Waals surface area contributed by atoms with Crippen LogP contribution in [0.15, 0.2) is 29.4 Å². The van der Waals surface area contributed by atoms with Crippen molar-refractivity contribution < 1.29 is 14.4 Å². The van der Waals surface area contributed by atoms with Crippen LogP contribution in [-0.4, -0.2) is 33.0 Å². The molecule has 3 amide bonds. The number of benzene rings is 1. The molecule has 132 valence electrons. The predicted molar refractivity (Wildman–Crippen MR) is 94.0 cm³/mol. The minimum absolute atomic E-state index is 0.00346. The van der Waals surface area contributed by atoms with Gasteiger partial charge in [0.15, 0.2) is 5.16 Å². The first kappa shape index (κ1) is 18.3. The zero-order valence-electron chi connectivity index (χ0n) is 13.3. The lowest BCUT2D eigenvalue weighted by Crippen LogP contribution is -2.19. The number of anilines is 3. The van der Waals surface area contributed by atoms with E-state index in [9.17, 15) is 14.4 Å². The average molecular weight is 363 g/mol. The number of amides is 3. The van der Waals surface area contributed by atoms with Crippen LogP contribution in [0.3, 0.4) is 0 Å². The zero-order chi connectivity index (χ0) is 18.2. The number of carbonyl (C=O) groups is 3. The van der Waals surface area contributed by atoms with E-state index >= 15 is 0 Å². The molecule has 0 saturated heterocycles. The van der Waals surface area contributed by atoms with E-state index in [1.54, 1.807) is 31.3 Å². The molecule has 0 aliphatic heterocycles. The smallest absolute Gasteiger partial charge is 0.231 e. The Morgan fingerprint density at radius 1 is 1.08 bits per heavy atom. The fraction of sp³-hybridized carbons (Fsp3) is 0.214. The monoisotopic (exact) mass is 363 g/mol. The lowest BCUT2D eigenvalue weighted by atomic mass is 10.2. The molecule has 2 rings (SSSR count). The molecule has 0 aliphatic carbocycles. The molecule has 0 aliphatic rings. The summed E-state index contributed by atoms with van der Waals surface area (Å²) in [5, 5.41) is 13.1. The molecule has 0 bridgehead atoms. The highest BCUT2D eigenvalue weighted by Crippen LogP contribution is 2.13. The van der Waals surface area contributed by atoms with Gasteiger partial charge in [-0.1, -0.05) is 0 Å². The molecule has 10 nitrogen and oxygen atoms in total. The maximum absolute atomic E-state index is 11.9. The molecule has 4 N–H and O–H groups in total. The molecule has 1 heterocycles. The van der Waals surface area contributed by atoms with Crippen LogP contribution in [0.5, 0.6) is 0 Å². The van der Waals surface area contributed by atoms with E-state index in [0.717, 1.165) is 0 Å². The van der Waals surface area contributed by atoms with Crippen molar-refractivity contribution in [2.45, 2.75) is 18.0 Å². The quantitative estimate of drug-likeness (QED) is 0.264. The van der Waals surface area contributed by atoms with Gasteiger partial charge in [-0.25, -0.2) is 0 Å². The maximum Gasteiger partial charge on any atom is 0.231 e. The van der Waals surface area contributed by atoms with E-state index in [1.807, 2.05) is 0 Å². The second-order valence-corrected chi connectivity index (χ2v) is 5.34. The van der Waals surface area contributed by atoms with E-state index < -0.39 is 0 Å². The fourth-order valence-corrected chi connectivity index (χ4v) is 1.96. The molecule has 0 fully saturated rings. The van der Waals surface area contributed by atoms with Gasteiger partial charge < -0.3 is 5.32 Å². The summed E-state index contributed by atoms with van der Waals surface area (Å²) in [4.78, 5) is 33.9. The van der Waals surface area contributed by atoms with Gasteiger partial charge in [0.2, 0.25) is 24.2 Å². The van der Waals surface area contributed by atoms with Crippen LogP contribution < -0.4 is 21.5 Å². The summed E-state index contributed by atoms with van der Waals surface area (Å²) in [6.45, 7) is 0. The highest BCUT2D eigenvalue weighted by Gasteiger charge is 2.11. The third-order valence-electron chi connectivity index (χ3n) is 3.13. The van der Waals surface area contributed by atoms with Crippen LogP contribution in [0.4, 0.5) is 17.3 Å². The Morgan fingerprint density at radius 2 is 1.68 bits per heavy atom. The van der Waals surface area contributed by atoms with E-state index in [0.29, 0.717) is 22.9 Å². The molecule has 0 unspecified atom stereocenters. The average Bonchev–Trinajstić information content (AvgIpc) is 2.91. The van der Waals surface area contributed by atoms with Crippen molar-refractivity contribution in [2.24, 2.45) is 7.05 Å². The van der Waals surface area contributed by atoms with Gasteiger partial charge in [-0.2, -0.15) is 0 Å². The minimum Gasteiger partial charge on any atom is -0.326 e. The van der Waals surface area contributed by atoms with Crippen LogP contribution in [0.2, 0.25) is 0 Å². The highest BCUT2D eigenvalue weighted by atomic mass is 32.1. The summed E-state index contributed by atoms with van der Waals surface area (Å²) in [6, 6.07) is 6.70. The second kappa shape index (κ2) is 8.68. The van der Waals surface area contributed by atoms with Crippen LogP contribution in [0.25, 0.3) is 0 Å². The molecule has 1 aromatic carbocycles. The van der Waals surface area contributed by atoms with Crippen molar-refractivity contribution in [2.75, 3.05) is 16.1 Å². The molecule has 2 aromatic rings. The number of hydrazine groups is 1. The van der Waals surface area contributed by atoms with Gasteiger partial charge in [0.25, 0.3) is 0 Å². The number of carbonyl (C=O) groups excluding carboxylic acids is 3. The molecular weight excluding hydrogens is 346 g/mol. The number of aromatic nitrogens is 3. The molecule has 0 spiro atoms. The van der Waals surface area contributed by atoms with Crippen molar-refractivity contribution in [1.29, 1.82) is 0 Å². The van der Waals surface area contributed by atoms with Gasteiger partial charge in [-0.3, -0.25) is 35.1 Å². The number of nitrogens with one attached hydrogen (secondary N) is 4. The summed E-state index contributed by atoms with van der Waals surface area (Å²) in [7, 11) is 1.66. The number of rotatable bonds is 8. The number of thiol groups is 1. The van der Waals surface area contributed by atoms with Crippen molar-refractivity contribution >= 4 is 48.2 Å². The van der Waals surface area contributed by atoms with Gasteiger partial charge in [0, 0.05) is 25.6 Å². The molecule has 0 saturated carbocycles. The number of hydrogen-bond acceptors (Lipinski definition) is 7. The fourth-order valence-electron chi connectivity index (χ4n) is 1.82. The van der Waals surface area contributed by atoms with E-state index in [4.69, 9.17) is 0 Å².